The predicted molar refractivity (Wildman–Crippen MR) is 50.7 cm³/mol. The minimum atomic E-state index is -0.543. The van der Waals surface area contributed by atoms with Crippen molar-refractivity contribution in [2.24, 2.45) is 0 Å². The zero-order valence-electron chi connectivity index (χ0n) is 6.98. The van der Waals surface area contributed by atoms with Gasteiger partial charge in [-0.05, 0) is 12.1 Å². The quantitative estimate of drug-likeness (QED) is 0.782. The summed E-state index contributed by atoms with van der Waals surface area (Å²) in [5.41, 5.74) is 5.53. The van der Waals surface area contributed by atoms with Crippen LogP contribution in [0.1, 0.15) is 0 Å². The van der Waals surface area contributed by atoms with Crippen molar-refractivity contribution in [1.29, 1.82) is 0 Å². The van der Waals surface area contributed by atoms with Crippen LogP contribution in [0.2, 0.25) is 5.02 Å². The molecular formula is C8H6ClFN4. The Balaban J connectivity index is 2.57. The van der Waals surface area contributed by atoms with Gasteiger partial charge in [-0.2, -0.15) is 0 Å². The highest BCUT2D eigenvalue weighted by Gasteiger charge is 2.08. The fourth-order valence-electron chi connectivity index (χ4n) is 1.06. The summed E-state index contributed by atoms with van der Waals surface area (Å²) in [5, 5.41) is 3.81. The average molecular weight is 213 g/mol. The van der Waals surface area contributed by atoms with E-state index in [2.05, 4.69) is 10.1 Å². The highest BCUT2D eigenvalue weighted by Crippen LogP contribution is 2.20. The van der Waals surface area contributed by atoms with Gasteiger partial charge in [-0.15, -0.1) is 5.10 Å². The van der Waals surface area contributed by atoms with E-state index in [1.165, 1.54) is 23.1 Å². The van der Waals surface area contributed by atoms with Crippen LogP contribution in [0.4, 0.5) is 10.3 Å². The van der Waals surface area contributed by atoms with Gasteiger partial charge in [0.2, 0.25) is 5.95 Å². The van der Waals surface area contributed by atoms with E-state index in [1.807, 2.05) is 0 Å². The zero-order valence-corrected chi connectivity index (χ0v) is 7.74. The summed E-state index contributed by atoms with van der Waals surface area (Å²) in [6, 6.07) is 4.62. The Hall–Kier alpha value is -1.62. The Morgan fingerprint density at radius 3 is 2.86 bits per heavy atom. The number of nitrogens with two attached hydrogens (primary N) is 1. The smallest absolute Gasteiger partial charge is 0.239 e. The summed E-state index contributed by atoms with van der Waals surface area (Å²) in [6.45, 7) is 0. The molecule has 0 saturated heterocycles. The van der Waals surface area contributed by atoms with E-state index in [0.717, 1.165) is 0 Å². The van der Waals surface area contributed by atoms with Gasteiger partial charge in [0.1, 0.15) is 12.0 Å². The molecule has 2 aromatic rings. The van der Waals surface area contributed by atoms with Crippen LogP contribution in [0.25, 0.3) is 5.69 Å². The van der Waals surface area contributed by atoms with Gasteiger partial charge in [-0.1, -0.05) is 17.7 Å². The third-order valence-corrected chi connectivity index (χ3v) is 1.98. The highest BCUT2D eigenvalue weighted by atomic mass is 35.5. The van der Waals surface area contributed by atoms with E-state index in [1.54, 1.807) is 6.07 Å². The maximum Gasteiger partial charge on any atom is 0.239 e. The number of benzene rings is 1. The first-order valence-corrected chi connectivity index (χ1v) is 4.18. The average Bonchev–Trinajstić information content (AvgIpc) is 2.57. The maximum absolute atomic E-state index is 13.4. The van der Waals surface area contributed by atoms with Crippen LogP contribution in [-0.4, -0.2) is 14.8 Å². The summed E-state index contributed by atoms with van der Waals surface area (Å²) in [7, 11) is 0. The second-order valence-electron chi connectivity index (χ2n) is 2.62. The molecule has 0 amide bonds. The molecule has 0 saturated carbocycles. The highest BCUT2D eigenvalue weighted by molar-refractivity contribution is 6.30. The summed E-state index contributed by atoms with van der Waals surface area (Å²) in [6.07, 6.45) is 1.32. The largest absolute Gasteiger partial charge is 0.366 e. The van der Waals surface area contributed by atoms with Crippen molar-refractivity contribution in [2.45, 2.75) is 0 Å². The SMILES string of the molecule is Nc1ncn(-c2cccc(Cl)c2F)n1. The third kappa shape index (κ3) is 1.42. The van der Waals surface area contributed by atoms with Crippen molar-refractivity contribution in [1.82, 2.24) is 14.8 Å². The first-order chi connectivity index (χ1) is 6.68. The molecule has 6 heteroatoms. The molecule has 1 aromatic carbocycles. The van der Waals surface area contributed by atoms with Crippen LogP contribution in [0.15, 0.2) is 24.5 Å². The fraction of sp³-hybridized carbons (Fsp3) is 0. The maximum atomic E-state index is 13.4. The minimum Gasteiger partial charge on any atom is -0.366 e. The molecule has 0 aliphatic rings. The molecule has 0 aliphatic heterocycles. The van der Waals surface area contributed by atoms with Crippen LogP contribution in [0, 0.1) is 5.82 Å². The van der Waals surface area contributed by atoms with Gasteiger partial charge >= 0.3 is 0 Å². The van der Waals surface area contributed by atoms with E-state index in [4.69, 9.17) is 17.3 Å². The predicted octanol–water partition coefficient (Wildman–Crippen LogP) is 1.64. The lowest BCUT2D eigenvalue weighted by Crippen LogP contribution is -1.99. The Bertz CT molecular complexity index is 468. The first-order valence-electron chi connectivity index (χ1n) is 3.80. The molecule has 72 valence electrons. The second-order valence-corrected chi connectivity index (χ2v) is 3.03. The van der Waals surface area contributed by atoms with Crippen LogP contribution < -0.4 is 5.73 Å². The number of aromatic nitrogens is 3. The molecule has 0 spiro atoms. The van der Waals surface area contributed by atoms with Crippen molar-refractivity contribution in [3.63, 3.8) is 0 Å². The number of hydrogen-bond acceptors (Lipinski definition) is 3. The molecule has 14 heavy (non-hydrogen) atoms. The lowest BCUT2D eigenvalue weighted by Gasteiger charge is -2.02. The molecule has 1 aromatic heterocycles. The zero-order chi connectivity index (χ0) is 10.1. The molecule has 2 N–H and O–H groups in total. The molecule has 4 nitrogen and oxygen atoms in total. The van der Waals surface area contributed by atoms with Crippen molar-refractivity contribution in [2.75, 3.05) is 5.73 Å². The number of nitrogen functional groups attached to an aromatic ring is 1. The number of nitrogens with zero attached hydrogens (tertiary/aromatic N) is 3. The second kappa shape index (κ2) is 3.26. The molecule has 0 aliphatic carbocycles. The molecule has 0 unspecified atom stereocenters. The molecule has 0 bridgehead atoms. The van der Waals surface area contributed by atoms with Gasteiger partial charge < -0.3 is 5.73 Å². The molecule has 0 fully saturated rings. The van der Waals surface area contributed by atoms with Crippen molar-refractivity contribution in [3.8, 4) is 5.69 Å². The summed E-state index contributed by atoms with van der Waals surface area (Å²) >= 11 is 5.60. The molecule has 2 rings (SSSR count). The Morgan fingerprint density at radius 1 is 1.43 bits per heavy atom. The number of anilines is 1. The van der Waals surface area contributed by atoms with Gasteiger partial charge in [-0.25, -0.2) is 14.1 Å². The normalized spacial score (nSPS) is 10.4. The van der Waals surface area contributed by atoms with Gasteiger partial charge in [0, 0.05) is 0 Å². The van der Waals surface area contributed by atoms with Gasteiger partial charge in [0.15, 0.2) is 5.82 Å². The summed E-state index contributed by atoms with van der Waals surface area (Å²) in [5.74, 6) is -0.455. The number of rotatable bonds is 1. The van der Waals surface area contributed by atoms with Crippen LogP contribution in [0.3, 0.4) is 0 Å². The number of halogens is 2. The van der Waals surface area contributed by atoms with Gasteiger partial charge in [-0.3, -0.25) is 0 Å². The first kappa shape index (κ1) is 8.96. The summed E-state index contributed by atoms with van der Waals surface area (Å²) in [4.78, 5) is 3.68. The number of hydrogen-bond donors (Lipinski definition) is 1. The van der Waals surface area contributed by atoms with Crippen LogP contribution in [-0.2, 0) is 0 Å². The van der Waals surface area contributed by atoms with Crippen LogP contribution in [0.5, 0.6) is 0 Å². The topological polar surface area (TPSA) is 56.7 Å². The monoisotopic (exact) mass is 212 g/mol. The van der Waals surface area contributed by atoms with E-state index in [-0.39, 0.29) is 16.7 Å². The van der Waals surface area contributed by atoms with Gasteiger partial charge in [0.25, 0.3) is 0 Å². The van der Waals surface area contributed by atoms with E-state index in [9.17, 15) is 4.39 Å². The molecule has 1 heterocycles. The molecule has 0 radical (unpaired) electrons. The van der Waals surface area contributed by atoms with Crippen molar-refractivity contribution < 1.29 is 4.39 Å². The van der Waals surface area contributed by atoms with E-state index >= 15 is 0 Å². The third-order valence-electron chi connectivity index (χ3n) is 1.69. The summed E-state index contributed by atoms with van der Waals surface area (Å²) < 4.78 is 14.7. The minimum absolute atomic E-state index is 0.0385. The Kier molecular flexibility index (Phi) is 2.09. The van der Waals surface area contributed by atoms with E-state index < -0.39 is 5.82 Å². The lowest BCUT2D eigenvalue weighted by molar-refractivity contribution is 0.611. The van der Waals surface area contributed by atoms with Crippen molar-refractivity contribution in [3.05, 3.63) is 35.4 Å². The molecular weight excluding hydrogens is 207 g/mol. The van der Waals surface area contributed by atoms with Crippen LogP contribution >= 0.6 is 11.6 Å². The van der Waals surface area contributed by atoms with Crippen molar-refractivity contribution >= 4 is 17.5 Å². The van der Waals surface area contributed by atoms with Gasteiger partial charge in [0.05, 0.1) is 5.02 Å². The Labute approximate surface area is 84.1 Å². The fourth-order valence-corrected chi connectivity index (χ4v) is 1.23. The van der Waals surface area contributed by atoms with E-state index in [0.29, 0.717) is 0 Å². The molecule has 0 atom stereocenters. The Morgan fingerprint density at radius 2 is 2.21 bits per heavy atom. The lowest BCUT2D eigenvalue weighted by atomic mass is 10.3. The standard InChI is InChI=1S/C8H6ClFN4/c9-5-2-1-3-6(7(5)10)14-4-12-8(11)13-14/h1-4H,(H2,11,13).